The number of hydrogen-bond donors (Lipinski definition) is 1. The summed E-state index contributed by atoms with van der Waals surface area (Å²) in [6, 6.07) is 10.9. The van der Waals surface area contributed by atoms with E-state index < -0.39 is 0 Å². The van der Waals surface area contributed by atoms with Crippen molar-refractivity contribution in [1.29, 1.82) is 0 Å². The molecule has 1 heteroatoms. The fourth-order valence-electron chi connectivity index (χ4n) is 0.690. The van der Waals surface area contributed by atoms with Crippen LogP contribution in [0, 0.1) is 6.07 Å². The van der Waals surface area contributed by atoms with Crippen LogP contribution in [-0.2, 0) is 0 Å². The van der Waals surface area contributed by atoms with Gasteiger partial charge >= 0.3 is 0 Å². The molecule has 0 saturated carbocycles. The van der Waals surface area contributed by atoms with Crippen LogP contribution in [0.2, 0.25) is 0 Å². The minimum Gasteiger partial charge on any atom is -0.324 e. The van der Waals surface area contributed by atoms with Crippen molar-refractivity contribution in [3.05, 3.63) is 35.9 Å². The van der Waals surface area contributed by atoms with E-state index in [9.17, 15) is 0 Å². The van der Waals surface area contributed by atoms with Crippen molar-refractivity contribution in [2.24, 2.45) is 5.73 Å². The molecule has 0 heterocycles. The fourth-order valence-corrected chi connectivity index (χ4v) is 0.690. The van der Waals surface area contributed by atoms with Crippen molar-refractivity contribution in [2.75, 3.05) is 0 Å². The Balaban J connectivity index is 2.85. The van der Waals surface area contributed by atoms with Crippen molar-refractivity contribution in [1.82, 2.24) is 0 Å². The van der Waals surface area contributed by atoms with Gasteiger partial charge in [0.2, 0.25) is 0 Å². The quantitative estimate of drug-likeness (QED) is 0.597. The minimum absolute atomic E-state index is 0.103. The first kappa shape index (κ1) is 6.30. The molecule has 0 spiro atoms. The first-order chi connectivity index (χ1) is 4.30. The van der Waals surface area contributed by atoms with Crippen molar-refractivity contribution in [2.45, 2.75) is 13.0 Å². The summed E-state index contributed by atoms with van der Waals surface area (Å²) in [5.74, 6) is 0. The van der Waals surface area contributed by atoms with Crippen LogP contribution in [0.3, 0.4) is 0 Å². The van der Waals surface area contributed by atoms with Crippen LogP contribution in [0.1, 0.15) is 18.5 Å². The lowest BCUT2D eigenvalue weighted by atomic mass is 10.1. The molecule has 0 aliphatic heterocycles. The summed E-state index contributed by atoms with van der Waals surface area (Å²) in [7, 11) is 0. The van der Waals surface area contributed by atoms with Gasteiger partial charge in [0.15, 0.2) is 0 Å². The van der Waals surface area contributed by atoms with Crippen molar-refractivity contribution in [3.63, 3.8) is 0 Å². The fraction of sp³-hybridized carbons (Fsp3) is 0.250. The van der Waals surface area contributed by atoms with Crippen LogP contribution in [0.5, 0.6) is 0 Å². The van der Waals surface area contributed by atoms with E-state index in [2.05, 4.69) is 6.07 Å². The van der Waals surface area contributed by atoms with Crippen LogP contribution < -0.4 is 5.73 Å². The first-order valence-corrected chi connectivity index (χ1v) is 3.03. The van der Waals surface area contributed by atoms with Crippen LogP contribution in [-0.4, -0.2) is 0 Å². The zero-order valence-electron chi connectivity index (χ0n) is 5.46. The molecule has 0 aliphatic rings. The molecule has 0 bridgehead atoms. The summed E-state index contributed by atoms with van der Waals surface area (Å²) in [6.07, 6.45) is 0. The molecular weight excluding hydrogens is 110 g/mol. The standard InChI is InChI=1S/C8H10N/c1-7(9)8-5-3-2-4-6-8/h2-5,7H,9H2,1H3. The Labute approximate surface area is 55.5 Å². The predicted molar refractivity (Wildman–Crippen MR) is 37.9 cm³/mol. The molecule has 2 N–H and O–H groups in total. The van der Waals surface area contributed by atoms with Gasteiger partial charge in [-0.2, -0.15) is 0 Å². The van der Waals surface area contributed by atoms with E-state index in [0.29, 0.717) is 0 Å². The smallest absolute Gasteiger partial charge is 0.0272 e. The maximum atomic E-state index is 5.58. The minimum atomic E-state index is 0.103. The molecule has 0 amide bonds. The largest absolute Gasteiger partial charge is 0.324 e. The van der Waals surface area contributed by atoms with Crippen molar-refractivity contribution >= 4 is 0 Å². The maximum Gasteiger partial charge on any atom is 0.0272 e. The van der Waals surface area contributed by atoms with Gasteiger partial charge in [-0.05, 0) is 18.6 Å². The Morgan fingerprint density at radius 3 is 2.67 bits per heavy atom. The molecule has 1 aromatic rings. The van der Waals surface area contributed by atoms with Gasteiger partial charge in [-0.15, -0.1) is 0 Å². The summed E-state index contributed by atoms with van der Waals surface area (Å²) in [4.78, 5) is 0. The Morgan fingerprint density at radius 2 is 2.33 bits per heavy atom. The molecule has 9 heavy (non-hydrogen) atoms. The van der Waals surface area contributed by atoms with E-state index in [1.165, 1.54) is 0 Å². The third kappa shape index (κ3) is 1.54. The van der Waals surface area contributed by atoms with Crippen LogP contribution in [0.4, 0.5) is 0 Å². The highest BCUT2D eigenvalue weighted by molar-refractivity contribution is 5.15. The van der Waals surface area contributed by atoms with Gasteiger partial charge in [0.1, 0.15) is 0 Å². The number of nitrogens with two attached hydrogens (primary N) is 1. The molecule has 0 fully saturated rings. The summed E-state index contributed by atoms with van der Waals surface area (Å²) in [5.41, 5.74) is 6.65. The molecule has 0 aromatic heterocycles. The average Bonchev–Trinajstić information content (AvgIpc) is 1.90. The highest BCUT2D eigenvalue weighted by atomic mass is 14.6. The summed E-state index contributed by atoms with van der Waals surface area (Å²) in [6.45, 7) is 1.95. The second kappa shape index (κ2) is 2.65. The van der Waals surface area contributed by atoms with E-state index in [1.807, 2.05) is 31.2 Å². The second-order valence-electron chi connectivity index (χ2n) is 2.11. The van der Waals surface area contributed by atoms with Gasteiger partial charge in [0, 0.05) is 6.04 Å². The number of benzene rings is 1. The predicted octanol–water partition coefficient (Wildman–Crippen LogP) is 1.51. The van der Waals surface area contributed by atoms with E-state index in [1.54, 1.807) is 0 Å². The van der Waals surface area contributed by atoms with Gasteiger partial charge in [0.25, 0.3) is 0 Å². The summed E-state index contributed by atoms with van der Waals surface area (Å²) >= 11 is 0. The molecule has 1 nitrogen and oxygen atoms in total. The SMILES string of the molecule is CC(N)c1[c]cccc1. The lowest BCUT2D eigenvalue weighted by Gasteiger charge is -2.01. The molecule has 1 atom stereocenters. The van der Waals surface area contributed by atoms with Gasteiger partial charge < -0.3 is 5.73 Å². The molecule has 47 valence electrons. The lowest BCUT2D eigenvalue weighted by molar-refractivity contribution is 0.817. The second-order valence-corrected chi connectivity index (χ2v) is 2.11. The molecule has 0 aliphatic carbocycles. The van der Waals surface area contributed by atoms with E-state index >= 15 is 0 Å². The summed E-state index contributed by atoms with van der Waals surface area (Å²) in [5, 5.41) is 0. The van der Waals surface area contributed by atoms with Gasteiger partial charge in [0.05, 0.1) is 0 Å². The Morgan fingerprint density at radius 1 is 1.56 bits per heavy atom. The first-order valence-electron chi connectivity index (χ1n) is 3.03. The molecular formula is C8H10N. The third-order valence-electron chi connectivity index (χ3n) is 1.22. The van der Waals surface area contributed by atoms with E-state index in [0.717, 1.165) is 5.56 Å². The highest BCUT2D eigenvalue weighted by Gasteiger charge is 1.94. The van der Waals surface area contributed by atoms with Crippen LogP contribution in [0.25, 0.3) is 0 Å². The lowest BCUT2D eigenvalue weighted by Crippen LogP contribution is -2.03. The van der Waals surface area contributed by atoms with Gasteiger partial charge in [-0.25, -0.2) is 0 Å². The average molecular weight is 120 g/mol. The third-order valence-corrected chi connectivity index (χ3v) is 1.22. The van der Waals surface area contributed by atoms with Crippen LogP contribution in [0.15, 0.2) is 24.3 Å². The maximum absolute atomic E-state index is 5.58. The van der Waals surface area contributed by atoms with Crippen molar-refractivity contribution < 1.29 is 0 Å². The molecule has 0 saturated heterocycles. The van der Waals surface area contributed by atoms with Crippen molar-refractivity contribution in [3.8, 4) is 0 Å². The van der Waals surface area contributed by atoms with E-state index in [4.69, 9.17) is 5.73 Å². The Kier molecular flexibility index (Phi) is 1.85. The van der Waals surface area contributed by atoms with Gasteiger partial charge in [-0.3, -0.25) is 0 Å². The highest BCUT2D eigenvalue weighted by Crippen LogP contribution is 2.05. The summed E-state index contributed by atoms with van der Waals surface area (Å²) < 4.78 is 0. The molecule has 1 radical (unpaired) electrons. The van der Waals surface area contributed by atoms with Crippen LogP contribution >= 0.6 is 0 Å². The molecule has 1 unspecified atom stereocenters. The zero-order chi connectivity index (χ0) is 6.69. The normalized spacial score (nSPS) is 13.1. The van der Waals surface area contributed by atoms with E-state index in [-0.39, 0.29) is 6.04 Å². The number of hydrogen-bond acceptors (Lipinski definition) is 1. The monoisotopic (exact) mass is 120 g/mol. The molecule has 1 rings (SSSR count). The topological polar surface area (TPSA) is 26.0 Å². The zero-order valence-corrected chi connectivity index (χ0v) is 5.46. The Hall–Kier alpha value is -0.820. The number of rotatable bonds is 1. The van der Waals surface area contributed by atoms with Gasteiger partial charge in [-0.1, -0.05) is 24.3 Å². The Bertz CT molecular complexity index is 167. The molecule has 1 aromatic carbocycles.